The second kappa shape index (κ2) is 7.92. The summed E-state index contributed by atoms with van der Waals surface area (Å²) in [6.07, 6.45) is 7.24. The first-order valence-electron chi connectivity index (χ1n) is 8.99. The van der Waals surface area contributed by atoms with Gasteiger partial charge >= 0.3 is 0 Å². The van der Waals surface area contributed by atoms with Gasteiger partial charge in [-0.3, -0.25) is 14.5 Å². The van der Waals surface area contributed by atoms with E-state index in [0.29, 0.717) is 12.3 Å². The molecule has 1 amide bonds. The van der Waals surface area contributed by atoms with Gasteiger partial charge in [0.05, 0.1) is 6.20 Å². The maximum Gasteiger partial charge on any atom is 0.258 e. The van der Waals surface area contributed by atoms with Crippen LogP contribution >= 0.6 is 0 Å². The van der Waals surface area contributed by atoms with Gasteiger partial charge in [0.15, 0.2) is 6.61 Å². The van der Waals surface area contributed by atoms with Gasteiger partial charge in [-0.25, -0.2) is 0 Å². The van der Waals surface area contributed by atoms with Crippen LogP contribution in [0.1, 0.15) is 5.56 Å². The first kappa shape index (κ1) is 17.7. The number of aryl methyl sites for hydroxylation is 1. The molecule has 0 aliphatic carbocycles. The van der Waals surface area contributed by atoms with E-state index in [-0.39, 0.29) is 12.5 Å². The molecule has 0 aliphatic heterocycles. The molecule has 0 saturated carbocycles. The van der Waals surface area contributed by atoms with Crippen LogP contribution in [0.2, 0.25) is 0 Å². The molecule has 0 bridgehead atoms. The summed E-state index contributed by atoms with van der Waals surface area (Å²) >= 11 is 0. The van der Waals surface area contributed by atoms with E-state index in [1.165, 1.54) is 0 Å². The third-order valence-corrected chi connectivity index (χ3v) is 4.41. The SMILES string of the molecule is Cn1cc(-c2cncc(CNC(=O)COc3ccc4ccccc4c3)c2)cn1. The van der Waals surface area contributed by atoms with Gasteiger partial charge < -0.3 is 10.1 Å². The fourth-order valence-corrected chi connectivity index (χ4v) is 2.97. The zero-order valence-electron chi connectivity index (χ0n) is 15.5. The van der Waals surface area contributed by atoms with Gasteiger partial charge in [-0.05, 0) is 34.5 Å². The Bertz CT molecular complexity index is 1120. The lowest BCUT2D eigenvalue weighted by molar-refractivity contribution is -0.123. The molecule has 28 heavy (non-hydrogen) atoms. The number of hydrogen-bond acceptors (Lipinski definition) is 4. The smallest absolute Gasteiger partial charge is 0.258 e. The van der Waals surface area contributed by atoms with Crippen molar-refractivity contribution in [1.29, 1.82) is 0 Å². The minimum absolute atomic E-state index is 0.0337. The molecule has 0 atom stereocenters. The van der Waals surface area contributed by atoms with Crippen LogP contribution in [0.5, 0.6) is 5.75 Å². The molecule has 4 rings (SSSR count). The Labute approximate surface area is 162 Å². The minimum atomic E-state index is -0.181. The average molecular weight is 372 g/mol. The number of benzene rings is 2. The largest absolute Gasteiger partial charge is 0.484 e. The Kier molecular flexibility index (Phi) is 5.01. The average Bonchev–Trinajstić information content (AvgIpc) is 3.17. The summed E-state index contributed by atoms with van der Waals surface area (Å²) < 4.78 is 7.37. The molecule has 0 radical (unpaired) electrons. The summed E-state index contributed by atoms with van der Waals surface area (Å²) in [5.41, 5.74) is 2.87. The van der Waals surface area contributed by atoms with Crippen molar-refractivity contribution in [2.45, 2.75) is 6.54 Å². The normalized spacial score (nSPS) is 10.8. The number of pyridine rings is 1. The Morgan fingerprint density at radius 1 is 1.04 bits per heavy atom. The van der Waals surface area contributed by atoms with E-state index in [1.54, 1.807) is 23.3 Å². The number of fused-ring (bicyclic) bond motifs is 1. The van der Waals surface area contributed by atoms with Crippen LogP contribution in [0.3, 0.4) is 0 Å². The van der Waals surface area contributed by atoms with Gasteiger partial charge in [-0.2, -0.15) is 5.10 Å². The minimum Gasteiger partial charge on any atom is -0.484 e. The molecule has 2 heterocycles. The van der Waals surface area contributed by atoms with E-state index in [1.807, 2.05) is 61.8 Å². The number of rotatable bonds is 6. The van der Waals surface area contributed by atoms with Crippen molar-refractivity contribution in [3.8, 4) is 16.9 Å². The van der Waals surface area contributed by atoms with Crippen molar-refractivity contribution in [3.05, 3.63) is 78.9 Å². The first-order valence-corrected chi connectivity index (χ1v) is 8.99. The van der Waals surface area contributed by atoms with Crippen LogP contribution in [0.25, 0.3) is 21.9 Å². The Hall–Kier alpha value is -3.67. The lowest BCUT2D eigenvalue weighted by Crippen LogP contribution is -2.28. The summed E-state index contributed by atoms with van der Waals surface area (Å²) in [6.45, 7) is 0.356. The lowest BCUT2D eigenvalue weighted by Gasteiger charge is -2.09. The molecule has 0 fully saturated rings. The molecule has 1 N–H and O–H groups in total. The summed E-state index contributed by atoms with van der Waals surface area (Å²) in [5.74, 6) is 0.494. The molecule has 0 saturated heterocycles. The zero-order chi connectivity index (χ0) is 19.3. The summed E-state index contributed by atoms with van der Waals surface area (Å²) in [7, 11) is 1.87. The molecule has 6 nitrogen and oxygen atoms in total. The molecule has 2 aromatic carbocycles. The monoisotopic (exact) mass is 372 g/mol. The van der Waals surface area contributed by atoms with Crippen molar-refractivity contribution in [1.82, 2.24) is 20.1 Å². The maximum absolute atomic E-state index is 12.1. The van der Waals surface area contributed by atoms with E-state index in [2.05, 4.69) is 15.4 Å². The van der Waals surface area contributed by atoms with Crippen molar-refractivity contribution in [2.24, 2.45) is 7.05 Å². The van der Waals surface area contributed by atoms with Crippen molar-refractivity contribution in [2.75, 3.05) is 6.61 Å². The highest BCUT2D eigenvalue weighted by Gasteiger charge is 2.06. The highest BCUT2D eigenvalue weighted by molar-refractivity contribution is 5.84. The van der Waals surface area contributed by atoms with Crippen LogP contribution < -0.4 is 10.1 Å². The molecule has 2 aromatic heterocycles. The maximum atomic E-state index is 12.1. The van der Waals surface area contributed by atoms with Gasteiger partial charge in [0, 0.05) is 43.3 Å². The molecule has 140 valence electrons. The quantitative estimate of drug-likeness (QED) is 0.564. The molecule has 0 unspecified atom stereocenters. The number of aromatic nitrogens is 3. The Balaban J connectivity index is 1.33. The number of carbonyl (C=O) groups is 1. The second-order valence-electron chi connectivity index (χ2n) is 6.56. The fraction of sp³-hybridized carbons (Fsp3) is 0.136. The van der Waals surface area contributed by atoms with Gasteiger partial charge in [0.1, 0.15) is 5.75 Å². The molecule has 4 aromatic rings. The highest BCUT2D eigenvalue weighted by atomic mass is 16.5. The number of nitrogens with zero attached hydrogens (tertiary/aromatic N) is 3. The highest BCUT2D eigenvalue weighted by Crippen LogP contribution is 2.20. The summed E-state index contributed by atoms with van der Waals surface area (Å²) in [4.78, 5) is 16.4. The molecular weight excluding hydrogens is 352 g/mol. The van der Waals surface area contributed by atoms with Gasteiger partial charge in [-0.15, -0.1) is 0 Å². The van der Waals surface area contributed by atoms with E-state index >= 15 is 0 Å². The van der Waals surface area contributed by atoms with Crippen LogP contribution in [0.4, 0.5) is 0 Å². The van der Waals surface area contributed by atoms with Gasteiger partial charge in [0.2, 0.25) is 0 Å². The standard InChI is InChI=1S/C22H20N4O2/c1-26-14-20(13-25-26)19-8-16(10-23-12-19)11-24-22(27)15-28-21-7-6-17-4-2-3-5-18(17)9-21/h2-10,12-14H,11,15H2,1H3,(H,24,27). The Morgan fingerprint density at radius 3 is 2.71 bits per heavy atom. The number of nitrogens with one attached hydrogen (secondary N) is 1. The topological polar surface area (TPSA) is 69.0 Å². The fourth-order valence-electron chi connectivity index (χ4n) is 2.97. The van der Waals surface area contributed by atoms with Crippen LogP contribution in [0, 0.1) is 0 Å². The molecule has 6 heteroatoms. The Morgan fingerprint density at radius 2 is 1.89 bits per heavy atom. The lowest BCUT2D eigenvalue weighted by atomic mass is 10.1. The number of hydrogen-bond donors (Lipinski definition) is 1. The summed E-state index contributed by atoms with van der Waals surface area (Å²) in [5, 5.41) is 9.26. The molecular formula is C22H20N4O2. The predicted molar refractivity (Wildman–Crippen MR) is 108 cm³/mol. The van der Waals surface area contributed by atoms with E-state index in [9.17, 15) is 4.79 Å². The van der Waals surface area contributed by atoms with Crippen LogP contribution in [-0.2, 0) is 18.4 Å². The predicted octanol–water partition coefficient (Wildman–Crippen LogP) is 3.33. The van der Waals surface area contributed by atoms with Crippen LogP contribution in [-0.4, -0.2) is 27.3 Å². The molecule has 0 spiro atoms. The van der Waals surface area contributed by atoms with Crippen molar-refractivity contribution < 1.29 is 9.53 Å². The second-order valence-corrected chi connectivity index (χ2v) is 6.56. The van der Waals surface area contributed by atoms with Crippen molar-refractivity contribution >= 4 is 16.7 Å². The van der Waals surface area contributed by atoms with E-state index < -0.39 is 0 Å². The van der Waals surface area contributed by atoms with Gasteiger partial charge in [-0.1, -0.05) is 30.3 Å². The number of ether oxygens (including phenoxy) is 1. The number of carbonyl (C=O) groups excluding carboxylic acids is 1. The third kappa shape index (κ3) is 4.17. The van der Waals surface area contributed by atoms with E-state index in [0.717, 1.165) is 27.5 Å². The zero-order valence-corrected chi connectivity index (χ0v) is 15.5. The van der Waals surface area contributed by atoms with Crippen LogP contribution in [0.15, 0.2) is 73.3 Å². The van der Waals surface area contributed by atoms with E-state index in [4.69, 9.17) is 4.74 Å². The van der Waals surface area contributed by atoms with Gasteiger partial charge in [0.25, 0.3) is 5.91 Å². The number of amides is 1. The third-order valence-electron chi connectivity index (χ3n) is 4.41. The first-order chi connectivity index (χ1) is 13.7. The summed E-state index contributed by atoms with van der Waals surface area (Å²) in [6, 6.07) is 15.8. The van der Waals surface area contributed by atoms with Crippen molar-refractivity contribution in [3.63, 3.8) is 0 Å². The molecule has 0 aliphatic rings.